The molecule has 0 saturated heterocycles. The number of amides is 1. The molecule has 2 aromatic carbocycles. The van der Waals surface area contributed by atoms with E-state index in [1.54, 1.807) is 23.6 Å². The van der Waals surface area contributed by atoms with Crippen LogP contribution in [0.4, 0.5) is 5.69 Å². The summed E-state index contributed by atoms with van der Waals surface area (Å²) in [6.45, 7) is 3.58. The molecular weight excluding hydrogens is 384 g/mol. The Balaban J connectivity index is 1.57. The average molecular weight is 401 g/mol. The van der Waals surface area contributed by atoms with E-state index in [2.05, 4.69) is 10.3 Å². The van der Waals surface area contributed by atoms with Crippen LogP contribution in [-0.2, 0) is 9.53 Å². The van der Waals surface area contributed by atoms with Gasteiger partial charge >= 0.3 is 5.97 Å². The van der Waals surface area contributed by atoms with Gasteiger partial charge in [0.2, 0.25) is 0 Å². The van der Waals surface area contributed by atoms with Crippen molar-refractivity contribution in [3.05, 3.63) is 69.7 Å². The third-order valence-corrected chi connectivity index (χ3v) is 5.04. The first-order chi connectivity index (χ1) is 12.9. The molecule has 7 heteroatoms. The average Bonchev–Trinajstić information content (AvgIpc) is 3.13. The molecule has 138 valence electrons. The van der Waals surface area contributed by atoms with Gasteiger partial charge in [-0.3, -0.25) is 4.79 Å². The molecule has 1 N–H and O–H groups in total. The molecule has 0 fully saturated rings. The third-order valence-electron chi connectivity index (χ3n) is 3.91. The minimum atomic E-state index is -0.644. The lowest BCUT2D eigenvalue weighted by molar-refractivity contribution is -0.119. The van der Waals surface area contributed by atoms with Gasteiger partial charge in [-0.15, -0.1) is 11.3 Å². The van der Waals surface area contributed by atoms with Crippen molar-refractivity contribution in [2.45, 2.75) is 13.8 Å². The molecule has 3 rings (SSSR count). The van der Waals surface area contributed by atoms with Crippen LogP contribution >= 0.6 is 22.9 Å². The second-order valence-electron chi connectivity index (χ2n) is 5.97. The number of nitrogens with one attached hydrogen (secondary N) is 1. The van der Waals surface area contributed by atoms with Crippen molar-refractivity contribution in [1.29, 1.82) is 0 Å². The highest BCUT2D eigenvalue weighted by Crippen LogP contribution is 2.26. The molecule has 0 bridgehead atoms. The standard InChI is InChI=1S/C20H17ClN2O3S/c1-12-6-7-16(8-13(12)2)22-18(24)10-26-20(25)17-11-27-19(23-17)14-4-3-5-15(21)9-14/h3-9,11H,10H2,1-2H3,(H,22,24). The lowest BCUT2D eigenvalue weighted by Gasteiger charge is -2.08. The van der Waals surface area contributed by atoms with Crippen LogP contribution < -0.4 is 5.32 Å². The zero-order valence-corrected chi connectivity index (χ0v) is 16.4. The first-order valence-corrected chi connectivity index (χ1v) is 9.44. The van der Waals surface area contributed by atoms with Crippen molar-refractivity contribution in [2.24, 2.45) is 0 Å². The summed E-state index contributed by atoms with van der Waals surface area (Å²) in [6, 6.07) is 12.8. The van der Waals surface area contributed by atoms with Crippen molar-refractivity contribution in [1.82, 2.24) is 4.98 Å². The highest BCUT2D eigenvalue weighted by Gasteiger charge is 2.15. The monoisotopic (exact) mass is 400 g/mol. The first-order valence-electron chi connectivity index (χ1n) is 8.18. The van der Waals surface area contributed by atoms with Crippen LogP contribution in [0.25, 0.3) is 10.6 Å². The van der Waals surface area contributed by atoms with Crippen molar-refractivity contribution in [2.75, 3.05) is 11.9 Å². The van der Waals surface area contributed by atoms with E-state index in [4.69, 9.17) is 16.3 Å². The topological polar surface area (TPSA) is 68.3 Å². The smallest absolute Gasteiger partial charge is 0.358 e. The van der Waals surface area contributed by atoms with E-state index in [1.807, 2.05) is 38.1 Å². The van der Waals surface area contributed by atoms with E-state index >= 15 is 0 Å². The number of ether oxygens (including phenoxy) is 1. The number of aryl methyl sites for hydroxylation is 2. The van der Waals surface area contributed by atoms with Crippen molar-refractivity contribution in [3.63, 3.8) is 0 Å². The lowest BCUT2D eigenvalue weighted by Crippen LogP contribution is -2.21. The first kappa shape index (κ1) is 19.1. The van der Waals surface area contributed by atoms with Crippen LogP contribution in [0.5, 0.6) is 0 Å². The number of carbonyl (C=O) groups is 2. The molecule has 0 saturated carbocycles. The van der Waals surface area contributed by atoms with Crippen LogP contribution in [0, 0.1) is 13.8 Å². The number of aromatic nitrogens is 1. The van der Waals surface area contributed by atoms with Gasteiger partial charge in [0, 0.05) is 21.7 Å². The predicted octanol–water partition coefficient (Wildman–Crippen LogP) is 4.88. The second-order valence-corrected chi connectivity index (χ2v) is 7.27. The SMILES string of the molecule is Cc1ccc(NC(=O)COC(=O)c2csc(-c3cccc(Cl)c3)n2)cc1C. The largest absolute Gasteiger partial charge is 0.451 e. The van der Waals surface area contributed by atoms with Gasteiger partial charge in [0.25, 0.3) is 5.91 Å². The number of carbonyl (C=O) groups excluding carboxylic acids is 2. The summed E-state index contributed by atoms with van der Waals surface area (Å²) in [4.78, 5) is 28.4. The zero-order valence-electron chi connectivity index (χ0n) is 14.8. The molecule has 0 radical (unpaired) electrons. The van der Waals surface area contributed by atoms with Gasteiger partial charge in [-0.25, -0.2) is 9.78 Å². The number of rotatable bonds is 5. The fourth-order valence-electron chi connectivity index (χ4n) is 2.34. The minimum Gasteiger partial charge on any atom is -0.451 e. The van der Waals surface area contributed by atoms with Crippen molar-refractivity contribution in [3.8, 4) is 10.6 Å². The maximum Gasteiger partial charge on any atom is 0.358 e. The van der Waals surface area contributed by atoms with E-state index in [9.17, 15) is 9.59 Å². The fourth-order valence-corrected chi connectivity index (χ4v) is 3.32. The molecule has 1 amide bonds. The van der Waals surface area contributed by atoms with E-state index in [0.717, 1.165) is 16.7 Å². The normalized spacial score (nSPS) is 10.5. The van der Waals surface area contributed by atoms with E-state index < -0.39 is 11.9 Å². The highest BCUT2D eigenvalue weighted by molar-refractivity contribution is 7.13. The summed E-state index contributed by atoms with van der Waals surface area (Å²) in [5.74, 6) is -1.05. The zero-order chi connectivity index (χ0) is 19.4. The molecule has 0 aliphatic heterocycles. The van der Waals surface area contributed by atoms with Crippen LogP contribution in [0.1, 0.15) is 21.6 Å². The van der Waals surface area contributed by atoms with Gasteiger partial charge in [-0.05, 0) is 49.2 Å². The molecule has 27 heavy (non-hydrogen) atoms. The summed E-state index contributed by atoms with van der Waals surface area (Å²) >= 11 is 7.28. The Labute approximate surface area is 166 Å². The Morgan fingerprint density at radius 2 is 1.96 bits per heavy atom. The highest BCUT2D eigenvalue weighted by atomic mass is 35.5. The molecule has 5 nitrogen and oxygen atoms in total. The molecule has 0 unspecified atom stereocenters. The second kappa shape index (κ2) is 8.33. The molecule has 0 aliphatic rings. The Morgan fingerprint density at radius 3 is 2.70 bits per heavy atom. The predicted molar refractivity (Wildman–Crippen MR) is 107 cm³/mol. The minimum absolute atomic E-state index is 0.161. The maximum absolute atomic E-state index is 12.1. The summed E-state index contributed by atoms with van der Waals surface area (Å²) in [7, 11) is 0. The molecular formula is C20H17ClN2O3S. The van der Waals surface area contributed by atoms with Crippen LogP contribution in [0.15, 0.2) is 47.8 Å². The third kappa shape index (κ3) is 4.93. The molecule has 0 spiro atoms. The van der Waals surface area contributed by atoms with Crippen LogP contribution in [-0.4, -0.2) is 23.5 Å². The van der Waals surface area contributed by atoms with Gasteiger partial charge in [0.05, 0.1) is 0 Å². The number of esters is 1. The number of hydrogen-bond donors (Lipinski definition) is 1. The Hall–Kier alpha value is -2.70. The van der Waals surface area contributed by atoms with E-state index in [-0.39, 0.29) is 12.3 Å². The molecule has 0 atom stereocenters. The van der Waals surface area contributed by atoms with Crippen LogP contribution in [0.3, 0.4) is 0 Å². The Bertz CT molecular complexity index is 1000. The molecule has 1 aromatic heterocycles. The molecule has 0 aliphatic carbocycles. The fraction of sp³-hybridized carbons (Fsp3) is 0.150. The van der Waals surface area contributed by atoms with Gasteiger partial charge in [0.15, 0.2) is 12.3 Å². The van der Waals surface area contributed by atoms with Gasteiger partial charge in [0.1, 0.15) is 5.01 Å². The quantitative estimate of drug-likeness (QED) is 0.620. The molecule has 1 heterocycles. The Kier molecular flexibility index (Phi) is 5.88. The van der Waals surface area contributed by atoms with Gasteiger partial charge in [-0.1, -0.05) is 29.8 Å². The van der Waals surface area contributed by atoms with E-state index in [0.29, 0.717) is 15.7 Å². The number of anilines is 1. The summed E-state index contributed by atoms with van der Waals surface area (Å²) < 4.78 is 5.06. The van der Waals surface area contributed by atoms with Crippen molar-refractivity contribution >= 4 is 40.5 Å². The molecule has 3 aromatic rings. The Morgan fingerprint density at radius 1 is 1.15 bits per heavy atom. The summed E-state index contributed by atoms with van der Waals surface area (Å²) in [6.07, 6.45) is 0. The lowest BCUT2D eigenvalue weighted by atomic mass is 10.1. The maximum atomic E-state index is 12.1. The number of thiazole rings is 1. The van der Waals surface area contributed by atoms with Gasteiger partial charge < -0.3 is 10.1 Å². The number of hydrogen-bond acceptors (Lipinski definition) is 5. The number of halogens is 1. The number of nitrogens with zero attached hydrogens (tertiary/aromatic N) is 1. The summed E-state index contributed by atoms with van der Waals surface area (Å²) in [5, 5.41) is 5.55. The van der Waals surface area contributed by atoms with Gasteiger partial charge in [-0.2, -0.15) is 0 Å². The van der Waals surface area contributed by atoms with E-state index in [1.165, 1.54) is 11.3 Å². The number of benzene rings is 2. The summed E-state index contributed by atoms with van der Waals surface area (Å²) in [5.41, 5.74) is 3.85. The van der Waals surface area contributed by atoms with Crippen molar-refractivity contribution < 1.29 is 14.3 Å². The van der Waals surface area contributed by atoms with Crippen LogP contribution in [0.2, 0.25) is 5.02 Å².